The van der Waals surface area contributed by atoms with E-state index in [4.69, 9.17) is 4.74 Å². The first-order valence-electron chi connectivity index (χ1n) is 3.62. The zero-order valence-electron chi connectivity index (χ0n) is 7.04. The van der Waals surface area contributed by atoms with E-state index in [2.05, 4.69) is 20.4 Å². The predicted molar refractivity (Wildman–Crippen MR) is 45.1 cm³/mol. The number of hydrogen-bond acceptors (Lipinski definition) is 2. The van der Waals surface area contributed by atoms with Gasteiger partial charge in [0.1, 0.15) is 6.61 Å². The van der Waals surface area contributed by atoms with Gasteiger partial charge in [-0.05, 0) is 5.92 Å². The van der Waals surface area contributed by atoms with Gasteiger partial charge in [-0.3, -0.25) is 0 Å². The van der Waals surface area contributed by atoms with Crippen molar-refractivity contribution in [3.05, 3.63) is 24.8 Å². The van der Waals surface area contributed by atoms with E-state index < -0.39 is 0 Å². The van der Waals surface area contributed by atoms with Crippen molar-refractivity contribution >= 4 is 5.97 Å². The quantitative estimate of drug-likeness (QED) is 0.351. The zero-order chi connectivity index (χ0) is 8.69. The lowest BCUT2D eigenvalue weighted by atomic mass is 10.2. The molecule has 0 saturated carbocycles. The Morgan fingerprint density at radius 1 is 1.64 bits per heavy atom. The van der Waals surface area contributed by atoms with Gasteiger partial charge in [-0.15, -0.1) is 0 Å². The van der Waals surface area contributed by atoms with Crippen molar-refractivity contribution in [3.63, 3.8) is 0 Å². The minimum absolute atomic E-state index is 0.336. The largest absolute Gasteiger partial charge is 0.458 e. The SMILES string of the molecule is C=CC(=O)OCC=CC(C)C. The van der Waals surface area contributed by atoms with Gasteiger partial charge in [-0.25, -0.2) is 4.79 Å². The van der Waals surface area contributed by atoms with E-state index in [0.717, 1.165) is 6.08 Å². The van der Waals surface area contributed by atoms with E-state index in [9.17, 15) is 4.79 Å². The average Bonchev–Trinajstić information content (AvgIpc) is 1.97. The molecule has 0 saturated heterocycles. The van der Waals surface area contributed by atoms with E-state index in [1.807, 2.05) is 12.2 Å². The highest BCUT2D eigenvalue weighted by molar-refractivity contribution is 5.81. The lowest BCUT2D eigenvalue weighted by molar-refractivity contribution is -0.136. The minimum Gasteiger partial charge on any atom is -0.458 e. The van der Waals surface area contributed by atoms with Crippen molar-refractivity contribution in [3.8, 4) is 0 Å². The van der Waals surface area contributed by atoms with E-state index in [1.165, 1.54) is 0 Å². The Morgan fingerprint density at radius 3 is 2.73 bits per heavy atom. The standard InChI is InChI=1S/C9H14O2/c1-4-9(10)11-7-5-6-8(2)3/h4-6,8H,1,7H2,2-3H3. The van der Waals surface area contributed by atoms with Crippen LogP contribution in [-0.2, 0) is 9.53 Å². The summed E-state index contributed by atoms with van der Waals surface area (Å²) in [6, 6.07) is 0. The third-order valence-electron chi connectivity index (χ3n) is 1.01. The zero-order valence-corrected chi connectivity index (χ0v) is 7.04. The van der Waals surface area contributed by atoms with Crippen LogP contribution in [0.2, 0.25) is 0 Å². The van der Waals surface area contributed by atoms with Crippen molar-refractivity contribution in [2.45, 2.75) is 13.8 Å². The maximum Gasteiger partial charge on any atom is 0.330 e. The van der Waals surface area contributed by atoms with Gasteiger partial charge in [0.2, 0.25) is 0 Å². The van der Waals surface area contributed by atoms with Crippen molar-refractivity contribution < 1.29 is 9.53 Å². The third-order valence-corrected chi connectivity index (χ3v) is 1.01. The van der Waals surface area contributed by atoms with Crippen LogP contribution in [0.25, 0.3) is 0 Å². The molecule has 62 valence electrons. The molecular weight excluding hydrogens is 140 g/mol. The maximum absolute atomic E-state index is 10.5. The molecule has 0 aliphatic carbocycles. The van der Waals surface area contributed by atoms with Crippen LogP contribution in [0.15, 0.2) is 24.8 Å². The van der Waals surface area contributed by atoms with Gasteiger partial charge in [0.15, 0.2) is 0 Å². The van der Waals surface area contributed by atoms with Crippen LogP contribution in [0.3, 0.4) is 0 Å². The van der Waals surface area contributed by atoms with Crippen LogP contribution < -0.4 is 0 Å². The third kappa shape index (κ3) is 6.84. The van der Waals surface area contributed by atoms with Gasteiger partial charge in [-0.1, -0.05) is 32.6 Å². The Kier molecular flexibility index (Phi) is 5.17. The normalized spacial score (nSPS) is 10.5. The summed E-state index contributed by atoms with van der Waals surface area (Å²) in [5.41, 5.74) is 0. The van der Waals surface area contributed by atoms with Crippen molar-refractivity contribution in [1.82, 2.24) is 0 Å². The molecule has 0 aromatic carbocycles. The molecule has 0 spiro atoms. The molecule has 0 amide bonds. The van der Waals surface area contributed by atoms with Crippen molar-refractivity contribution in [2.24, 2.45) is 5.92 Å². The molecule has 2 heteroatoms. The highest BCUT2D eigenvalue weighted by atomic mass is 16.5. The molecule has 11 heavy (non-hydrogen) atoms. The molecule has 0 rings (SSSR count). The van der Waals surface area contributed by atoms with Gasteiger partial charge >= 0.3 is 5.97 Å². The number of carbonyl (C=O) groups excluding carboxylic acids is 1. The number of allylic oxidation sites excluding steroid dienone is 1. The fourth-order valence-corrected chi connectivity index (χ4v) is 0.517. The summed E-state index contributed by atoms with van der Waals surface area (Å²) in [5.74, 6) is 0.121. The lowest BCUT2D eigenvalue weighted by Gasteiger charge is -1.96. The molecule has 0 aromatic rings. The van der Waals surface area contributed by atoms with Crippen LogP contribution in [0.1, 0.15) is 13.8 Å². The van der Waals surface area contributed by atoms with Gasteiger partial charge in [-0.2, -0.15) is 0 Å². The summed E-state index contributed by atoms with van der Waals surface area (Å²) in [6.07, 6.45) is 4.96. The summed E-state index contributed by atoms with van der Waals surface area (Å²) < 4.78 is 4.70. The maximum atomic E-state index is 10.5. The highest BCUT2D eigenvalue weighted by Crippen LogP contribution is 1.92. The van der Waals surface area contributed by atoms with Gasteiger partial charge in [0.25, 0.3) is 0 Å². The Morgan fingerprint density at radius 2 is 2.27 bits per heavy atom. The van der Waals surface area contributed by atoms with E-state index >= 15 is 0 Å². The van der Waals surface area contributed by atoms with Crippen LogP contribution >= 0.6 is 0 Å². The molecule has 0 radical (unpaired) electrons. The van der Waals surface area contributed by atoms with Crippen LogP contribution in [0.4, 0.5) is 0 Å². The second-order valence-corrected chi connectivity index (χ2v) is 2.51. The van der Waals surface area contributed by atoms with Gasteiger partial charge in [0.05, 0.1) is 0 Å². The molecule has 0 aliphatic rings. The van der Waals surface area contributed by atoms with Gasteiger partial charge in [0, 0.05) is 6.08 Å². The number of carbonyl (C=O) groups is 1. The molecule has 2 nitrogen and oxygen atoms in total. The Balaban J connectivity index is 3.41. The summed E-state index contributed by atoms with van der Waals surface area (Å²) in [4.78, 5) is 10.5. The fraction of sp³-hybridized carbons (Fsp3) is 0.444. The molecular formula is C9H14O2. The van der Waals surface area contributed by atoms with E-state index in [0.29, 0.717) is 12.5 Å². The minimum atomic E-state index is -0.376. The lowest BCUT2D eigenvalue weighted by Crippen LogP contribution is -1.99. The molecule has 0 N–H and O–H groups in total. The van der Waals surface area contributed by atoms with E-state index in [1.54, 1.807) is 0 Å². The van der Waals surface area contributed by atoms with Crippen molar-refractivity contribution in [1.29, 1.82) is 0 Å². The molecule has 0 unspecified atom stereocenters. The number of esters is 1. The second kappa shape index (κ2) is 5.71. The first kappa shape index (κ1) is 9.95. The van der Waals surface area contributed by atoms with Crippen LogP contribution in [0, 0.1) is 5.92 Å². The topological polar surface area (TPSA) is 26.3 Å². The van der Waals surface area contributed by atoms with Crippen LogP contribution in [-0.4, -0.2) is 12.6 Å². The van der Waals surface area contributed by atoms with Crippen molar-refractivity contribution in [2.75, 3.05) is 6.61 Å². The van der Waals surface area contributed by atoms with Crippen LogP contribution in [0.5, 0.6) is 0 Å². The number of rotatable bonds is 4. The number of hydrogen-bond donors (Lipinski definition) is 0. The average molecular weight is 154 g/mol. The predicted octanol–water partition coefficient (Wildman–Crippen LogP) is 1.93. The van der Waals surface area contributed by atoms with Gasteiger partial charge < -0.3 is 4.74 Å². The first-order valence-corrected chi connectivity index (χ1v) is 3.62. The number of ether oxygens (including phenoxy) is 1. The first-order chi connectivity index (χ1) is 5.16. The smallest absolute Gasteiger partial charge is 0.330 e. The summed E-state index contributed by atoms with van der Waals surface area (Å²) in [7, 11) is 0. The Bertz CT molecular complexity index is 157. The Labute approximate surface area is 67.6 Å². The van der Waals surface area contributed by atoms with E-state index in [-0.39, 0.29) is 5.97 Å². The molecule has 0 fully saturated rings. The Hall–Kier alpha value is -1.05. The molecule has 0 atom stereocenters. The summed E-state index contributed by atoms with van der Waals surface area (Å²) in [5, 5.41) is 0. The monoisotopic (exact) mass is 154 g/mol. The molecule has 0 aliphatic heterocycles. The highest BCUT2D eigenvalue weighted by Gasteiger charge is 1.90. The summed E-state index contributed by atoms with van der Waals surface area (Å²) in [6.45, 7) is 7.73. The second-order valence-electron chi connectivity index (χ2n) is 2.51. The molecule has 0 heterocycles. The molecule has 0 aromatic heterocycles. The summed E-state index contributed by atoms with van der Waals surface area (Å²) >= 11 is 0. The fourth-order valence-electron chi connectivity index (χ4n) is 0.517. The molecule has 0 bridgehead atoms.